The minimum atomic E-state index is -0.789. The minimum Gasteiger partial charge on any atom is -0.480 e. The molecule has 0 saturated heterocycles. The number of benzene rings is 2. The molecule has 0 radical (unpaired) electrons. The molecule has 7 nitrogen and oxygen atoms in total. The van der Waals surface area contributed by atoms with Gasteiger partial charge in [0.1, 0.15) is 5.75 Å². The van der Waals surface area contributed by atoms with Gasteiger partial charge < -0.3 is 19.5 Å². The van der Waals surface area contributed by atoms with Crippen molar-refractivity contribution < 1.29 is 28.6 Å². The van der Waals surface area contributed by atoms with Gasteiger partial charge in [0.2, 0.25) is 0 Å². The van der Waals surface area contributed by atoms with E-state index in [2.05, 4.69) is 5.32 Å². The molecule has 0 saturated carbocycles. The maximum absolute atomic E-state index is 12.9. The molecule has 29 heavy (non-hydrogen) atoms. The second-order valence-electron chi connectivity index (χ2n) is 6.52. The van der Waals surface area contributed by atoms with E-state index in [4.69, 9.17) is 14.2 Å². The number of esters is 2. The fourth-order valence-electron chi connectivity index (χ4n) is 2.70. The molecule has 0 aliphatic rings. The van der Waals surface area contributed by atoms with Crippen LogP contribution in [-0.2, 0) is 14.3 Å². The molecule has 0 unspecified atom stereocenters. The zero-order chi connectivity index (χ0) is 21.6. The van der Waals surface area contributed by atoms with Gasteiger partial charge >= 0.3 is 11.9 Å². The molecule has 1 amide bonds. The Morgan fingerprint density at radius 2 is 1.66 bits per heavy atom. The van der Waals surface area contributed by atoms with E-state index in [9.17, 15) is 14.4 Å². The molecule has 0 fully saturated rings. The van der Waals surface area contributed by atoms with Crippen LogP contribution in [-0.4, -0.2) is 38.2 Å². The smallest absolute Gasteiger partial charge is 0.339 e. The predicted molar refractivity (Wildman–Crippen MR) is 108 cm³/mol. The van der Waals surface area contributed by atoms with Crippen molar-refractivity contribution in [3.63, 3.8) is 0 Å². The Balaban J connectivity index is 2.31. The van der Waals surface area contributed by atoms with Crippen LogP contribution in [0, 0.1) is 13.8 Å². The summed E-state index contributed by atoms with van der Waals surface area (Å²) in [4.78, 5) is 36.7. The Labute approximate surface area is 170 Å². The Hall–Kier alpha value is -3.35. The molecule has 0 aliphatic heterocycles. The average molecular weight is 399 g/mol. The van der Waals surface area contributed by atoms with Crippen LogP contribution in [0.25, 0.3) is 0 Å². The molecule has 1 N–H and O–H groups in total. The first-order valence-electron chi connectivity index (χ1n) is 9.16. The molecule has 0 aromatic heterocycles. The number of hydrogen-bond donors (Lipinski definition) is 1. The van der Waals surface area contributed by atoms with E-state index in [-0.39, 0.29) is 16.8 Å². The minimum absolute atomic E-state index is 0.120. The van der Waals surface area contributed by atoms with Crippen LogP contribution < -0.4 is 10.1 Å². The summed E-state index contributed by atoms with van der Waals surface area (Å²) in [6.07, 6.45) is -0.383. The van der Waals surface area contributed by atoms with Crippen molar-refractivity contribution in [2.75, 3.05) is 19.5 Å². The van der Waals surface area contributed by atoms with Crippen molar-refractivity contribution in [2.24, 2.45) is 0 Å². The van der Waals surface area contributed by atoms with Gasteiger partial charge in [-0.3, -0.25) is 4.79 Å². The maximum Gasteiger partial charge on any atom is 0.339 e. The van der Waals surface area contributed by atoms with Gasteiger partial charge in [-0.2, -0.15) is 0 Å². The molecule has 2 aromatic rings. The number of amides is 1. The number of methoxy groups -OCH3 is 2. The fraction of sp³-hybridized carbons (Fsp3) is 0.318. The van der Waals surface area contributed by atoms with Gasteiger partial charge in [-0.05, 0) is 55.7 Å². The third-order valence-electron chi connectivity index (χ3n) is 4.38. The van der Waals surface area contributed by atoms with Gasteiger partial charge in [-0.15, -0.1) is 0 Å². The summed E-state index contributed by atoms with van der Waals surface area (Å²) < 4.78 is 15.4. The summed E-state index contributed by atoms with van der Waals surface area (Å²) in [6, 6.07) is 9.95. The quantitative estimate of drug-likeness (QED) is 0.715. The molecular weight excluding hydrogens is 374 g/mol. The summed E-state index contributed by atoms with van der Waals surface area (Å²) in [5.41, 5.74) is 2.38. The van der Waals surface area contributed by atoms with Crippen LogP contribution in [0.4, 0.5) is 5.69 Å². The first-order valence-corrected chi connectivity index (χ1v) is 9.16. The molecule has 0 heterocycles. The molecule has 0 spiro atoms. The van der Waals surface area contributed by atoms with Crippen LogP contribution in [0.15, 0.2) is 36.4 Å². The molecule has 1 atom stereocenters. The summed E-state index contributed by atoms with van der Waals surface area (Å²) in [7, 11) is 2.49. The highest BCUT2D eigenvalue weighted by Gasteiger charge is 2.23. The van der Waals surface area contributed by atoms with Crippen LogP contribution >= 0.6 is 0 Å². The zero-order valence-corrected chi connectivity index (χ0v) is 17.2. The Bertz CT molecular complexity index is 922. The summed E-state index contributed by atoms with van der Waals surface area (Å²) >= 11 is 0. The monoisotopic (exact) mass is 399 g/mol. The Morgan fingerprint density at radius 1 is 0.966 bits per heavy atom. The first kappa shape index (κ1) is 21.9. The highest BCUT2D eigenvalue weighted by molar-refractivity contribution is 6.04. The van der Waals surface area contributed by atoms with E-state index in [1.807, 2.05) is 39.0 Å². The molecule has 2 rings (SSSR count). The van der Waals surface area contributed by atoms with Crippen molar-refractivity contribution in [3.8, 4) is 5.75 Å². The normalized spacial score (nSPS) is 11.3. The number of nitrogens with one attached hydrogen (secondary N) is 1. The topological polar surface area (TPSA) is 90.9 Å². The van der Waals surface area contributed by atoms with Crippen LogP contribution in [0.2, 0.25) is 0 Å². The van der Waals surface area contributed by atoms with E-state index in [1.54, 1.807) is 0 Å². The second-order valence-corrected chi connectivity index (χ2v) is 6.52. The molecule has 0 aliphatic carbocycles. The van der Waals surface area contributed by atoms with Crippen LogP contribution in [0.5, 0.6) is 5.75 Å². The number of carbonyl (C=O) groups excluding carboxylic acids is 3. The van der Waals surface area contributed by atoms with E-state index >= 15 is 0 Å². The summed E-state index contributed by atoms with van der Waals surface area (Å²) in [5.74, 6) is -1.06. The zero-order valence-electron chi connectivity index (χ0n) is 17.2. The lowest BCUT2D eigenvalue weighted by molar-refractivity contribution is -0.122. The SMILES string of the molecule is CC[C@@H](Oc1cc(C)ccc1C)C(=O)Nc1cc(C(=O)OC)ccc1C(=O)OC. The fourth-order valence-corrected chi connectivity index (χ4v) is 2.70. The number of ether oxygens (including phenoxy) is 3. The molecular formula is C22H25NO6. The molecule has 0 bridgehead atoms. The highest BCUT2D eigenvalue weighted by Crippen LogP contribution is 2.23. The van der Waals surface area contributed by atoms with Crippen molar-refractivity contribution in [1.82, 2.24) is 0 Å². The van der Waals surface area contributed by atoms with E-state index in [1.165, 1.54) is 32.4 Å². The summed E-state index contributed by atoms with van der Waals surface area (Å²) in [6.45, 7) is 5.66. The van der Waals surface area contributed by atoms with Crippen molar-refractivity contribution in [1.29, 1.82) is 0 Å². The van der Waals surface area contributed by atoms with E-state index in [0.29, 0.717) is 12.2 Å². The van der Waals surface area contributed by atoms with E-state index in [0.717, 1.165) is 11.1 Å². The standard InChI is InChI=1S/C22H25NO6/c1-6-18(29-19-11-13(2)7-8-14(19)3)20(24)23-17-12-15(21(25)27-4)9-10-16(17)22(26)28-5/h7-12,18H,6H2,1-5H3,(H,23,24)/t18-/m1/s1. The Morgan fingerprint density at radius 3 is 2.28 bits per heavy atom. The Kier molecular flexibility index (Phi) is 7.36. The largest absolute Gasteiger partial charge is 0.480 e. The van der Waals surface area contributed by atoms with Gasteiger partial charge in [0.25, 0.3) is 5.91 Å². The van der Waals surface area contributed by atoms with Crippen molar-refractivity contribution in [3.05, 3.63) is 58.7 Å². The van der Waals surface area contributed by atoms with Gasteiger partial charge in [0.15, 0.2) is 6.10 Å². The van der Waals surface area contributed by atoms with Crippen molar-refractivity contribution >= 4 is 23.5 Å². The van der Waals surface area contributed by atoms with Gasteiger partial charge in [-0.1, -0.05) is 19.1 Å². The van der Waals surface area contributed by atoms with E-state index < -0.39 is 23.9 Å². The number of carbonyl (C=O) groups is 3. The predicted octanol–water partition coefficient (Wildman–Crippen LogP) is 3.67. The number of aryl methyl sites for hydroxylation is 2. The molecule has 154 valence electrons. The maximum atomic E-state index is 12.9. The average Bonchev–Trinajstić information content (AvgIpc) is 2.72. The number of rotatable bonds is 7. The van der Waals surface area contributed by atoms with Crippen molar-refractivity contribution in [2.45, 2.75) is 33.3 Å². The van der Waals surface area contributed by atoms with Gasteiger partial charge in [-0.25, -0.2) is 9.59 Å². The first-order chi connectivity index (χ1) is 13.8. The number of hydrogen-bond acceptors (Lipinski definition) is 6. The lowest BCUT2D eigenvalue weighted by Crippen LogP contribution is -2.33. The second kappa shape index (κ2) is 9.73. The van der Waals surface area contributed by atoms with Crippen LogP contribution in [0.3, 0.4) is 0 Å². The van der Waals surface area contributed by atoms with Crippen LogP contribution in [0.1, 0.15) is 45.2 Å². The third kappa shape index (κ3) is 5.34. The number of anilines is 1. The lowest BCUT2D eigenvalue weighted by atomic mass is 10.1. The third-order valence-corrected chi connectivity index (χ3v) is 4.38. The summed E-state index contributed by atoms with van der Waals surface area (Å²) in [5, 5.41) is 2.68. The molecule has 7 heteroatoms. The molecule has 2 aromatic carbocycles. The van der Waals surface area contributed by atoms with Gasteiger partial charge in [0, 0.05) is 0 Å². The lowest BCUT2D eigenvalue weighted by Gasteiger charge is -2.20. The highest BCUT2D eigenvalue weighted by atomic mass is 16.5. The van der Waals surface area contributed by atoms with Gasteiger partial charge in [0.05, 0.1) is 31.0 Å².